The van der Waals surface area contributed by atoms with Gasteiger partial charge in [0.2, 0.25) is 17.7 Å². The number of benzene rings is 3. The van der Waals surface area contributed by atoms with E-state index in [0.717, 1.165) is 22.9 Å². The zero-order chi connectivity index (χ0) is 27.9. The molecule has 7 rings (SSSR count). The van der Waals surface area contributed by atoms with Crippen LogP contribution in [0.1, 0.15) is 18.4 Å². The van der Waals surface area contributed by atoms with Gasteiger partial charge in [-0.25, -0.2) is 4.90 Å². The van der Waals surface area contributed by atoms with Gasteiger partial charge in [-0.3, -0.25) is 19.2 Å². The molecule has 40 heavy (non-hydrogen) atoms. The van der Waals surface area contributed by atoms with Gasteiger partial charge < -0.3 is 9.64 Å². The third-order valence-electron chi connectivity index (χ3n) is 9.13. The van der Waals surface area contributed by atoms with Crippen molar-refractivity contribution in [2.45, 2.75) is 29.4 Å². The summed E-state index contributed by atoms with van der Waals surface area (Å²) in [5.74, 6) is -1.46. The van der Waals surface area contributed by atoms with Crippen molar-refractivity contribution in [3.63, 3.8) is 0 Å². The van der Waals surface area contributed by atoms with E-state index in [4.69, 9.17) is 4.74 Å². The SMILES string of the molecule is Cc1cc(OC(=O)[C@@H]2CC(=O)N(c3cccc4ccccc34)C2)ccc1N1C(=O)[C@@H]2[C@H]3C[C@@H]([C@H](Br)[C@@H]3Br)[C@@H]2C1=O. The number of carbonyl (C=O) groups excluding carboxylic acids is 4. The molecule has 0 spiro atoms. The molecule has 9 heteroatoms. The molecule has 2 saturated heterocycles. The number of fused-ring (bicyclic) bond motifs is 6. The van der Waals surface area contributed by atoms with Crippen LogP contribution in [-0.4, -0.2) is 39.9 Å². The Morgan fingerprint density at radius 3 is 2.25 bits per heavy atom. The van der Waals surface area contributed by atoms with E-state index in [0.29, 0.717) is 17.0 Å². The first kappa shape index (κ1) is 25.9. The number of anilines is 2. The van der Waals surface area contributed by atoms with Crippen molar-refractivity contribution in [2.75, 3.05) is 16.3 Å². The van der Waals surface area contributed by atoms with E-state index >= 15 is 0 Å². The average molecular weight is 666 g/mol. The lowest BCUT2D eigenvalue weighted by atomic mass is 9.81. The number of rotatable bonds is 4. The number of nitrogens with zero attached hydrogens (tertiary/aromatic N) is 2. The molecule has 2 bridgehead atoms. The second kappa shape index (κ2) is 9.52. The van der Waals surface area contributed by atoms with Crippen molar-refractivity contribution < 1.29 is 23.9 Å². The zero-order valence-corrected chi connectivity index (χ0v) is 24.8. The van der Waals surface area contributed by atoms with E-state index in [1.807, 2.05) is 42.5 Å². The molecule has 2 aliphatic heterocycles. The van der Waals surface area contributed by atoms with E-state index in [1.54, 1.807) is 30.0 Å². The number of esters is 1. The average Bonchev–Trinajstić information content (AvgIpc) is 3.67. The fraction of sp³-hybridized carbons (Fsp3) is 0.355. The Balaban J connectivity index is 1.07. The molecule has 2 aliphatic carbocycles. The molecule has 0 radical (unpaired) electrons. The van der Waals surface area contributed by atoms with Crippen molar-refractivity contribution in [1.29, 1.82) is 0 Å². The van der Waals surface area contributed by atoms with Crippen LogP contribution < -0.4 is 14.5 Å². The van der Waals surface area contributed by atoms with E-state index < -0.39 is 11.9 Å². The number of amides is 3. The Labute approximate surface area is 248 Å². The number of carbonyl (C=O) groups is 4. The van der Waals surface area contributed by atoms with Crippen molar-refractivity contribution in [3.8, 4) is 5.75 Å². The highest BCUT2D eigenvalue weighted by Crippen LogP contribution is 2.60. The van der Waals surface area contributed by atoms with Gasteiger partial charge in [0.25, 0.3) is 0 Å². The van der Waals surface area contributed by atoms with Gasteiger partial charge in [-0.05, 0) is 60.4 Å². The van der Waals surface area contributed by atoms with Crippen LogP contribution in [0.3, 0.4) is 0 Å². The van der Waals surface area contributed by atoms with Crippen LogP contribution in [0.2, 0.25) is 0 Å². The number of ether oxygens (including phenoxy) is 1. The number of alkyl halides is 2. The van der Waals surface area contributed by atoms with Gasteiger partial charge >= 0.3 is 5.97 Å². The summed E-state index contributed by atoms with van der Waals surface area (Å²) in [5.41, 5.74) is 1.98. The molecule has 7 atom stereocenters. The monoisotopic (exact) mass is 664 g/mol. The van der Waals surface area contributed by atoms with E-state index in [-0.39, 0.29) is 64.0 Å². The summed E-state index contributed by atoms with van der Waals surface area (Å²) in [6.45, 7) is 2.05. The molecule has 7 nitrogen and oxygen atoms in total. The van der Waals surface area contributed by atoms with Gasteiger partial charge in [-0.15, -0.1) is 0 Å². The van der Waals surface area contributed by atoms with Gasteiger partial charge in [-0.2, -0.15) is 0 Å². The minimum atomic E-state index is -0.600. The number of halogens is 2. The molecule has 4 fully saturated rings. The molecular formula is C31H26Br2N2O5. The normalized spacial score (nSPS) is 31.0. The van der Waals surface area contributed by atoms with Crippen LogP contribution >= 0.6 is 31.9 Å². The van der Waals surface area contributed by atoms with Crippen molar-refractivity contribution in [2.24, 2.45) is 29.6 Å². The molecule has 204 valence electrons. The Morgan fingerprint density at radius 1 is 0.875 bits per heavy atom. The Kier molecular flexibility index (Phi) is 6.16. The Hall–Kier alpha value is -3.04. The summed E-state index contributed by atoms with van der Waals surface area (Å²) in [5, 5.41) is 1.99. The number of aryl methyl sites for hydroxylation is 1. The van der Waals surface area contributed by atoms with E-state index in [9.17, 15) is 19.2 Å². The lowest BCUT2D eigenvalue weighted by molar-refractivity contribution is -0.139. The molecule has 2 saturated carbocycles. The van der Waals surface area contributed by atoms with Crippen LogP contribution in [0.5, 0.6) is 5.75 Å². The van der Waals surface area contributed by atoms with Crippen molar-refractivity contribution >= 4 is 77.7 Å². The summed E-state index contributed by atoms with van der Waals surface area (Å²) in [4.78, 5) is 56.2. The molecule has 4 aliphatic rings. The Bertz CT molecular complexity index is 1570. The number of hydrogen-bond donors (Lipinski definition) is 0. The lowest BCUT2D eigenvalue weighted by Gasteiger charge is -2.28. The first-order valence-electron chi connectivity index (χ1n) is 13.5. The summed E-state index contributed by atoms with van der Waals surface area (Å²) >= 11 is 7.45. The van der Waals surface area contributed by atoms with Crippen LogP contribution in [0, 0.1) is 36.5 Å². The summed E-state index contributed by atoms with van der Waals surface area (Å²) in [7, 11) is 0. The molecule has 0 unspecified atom stereocenters. The maximum absolute atomic E-state index is 13.4. The van der Waals surface area contributed by atoms with Crippen LogP contribution in [-0.2, 0) is 19.2 Å². The second-order valence-corrected chi connectivity index (χ2v) is 13.4. The molecule has 0 N–H and O–H groups in total. The zero-order valence-electron chi connectivity index (χ0n) is 21.6. The fourth-order valence-electron chi connectivity index (χ4n) is 7.27. The fourth-order valence-corrected chi connectivity index (χ4v) is 9.14. The van der Waals surface area contributed by atoms with E-state index in [2.05, 4.69) is 31.9 Å². The van der Waals surface area contributed by atoms with Crippen molar-refractivity contribution in [1.82, 2.24) is 0 Å². The highest BCUT2D eigenvalue weighted by Gasteiger charge is 2.66. The first-order valence-corrected chi connectivity index (χ1v) is 15.3. The quantitative estimate of drug-likeness (QED) is 0.162. The van der Waals surface area contributed by atoms with Crippen LogP contribution in [0.4, 0.5) is 11.4 Å². The highest BCUT2D eigenvalue weighted by atomic mass is 79.9. The maximum Gasteiger partial charge on any atom is 0.316 e. The summed E-state index contributed by atoms with van der Waals surface area (Å²) < 4.78 is 5.70. The minimum Gasteiger partial charge on any atom is -0.426 e. The lowest BCUT2D eigenvalue weighted by Crippen LogP contribution is -2.37. The van der Waals surface area contributed by atoms with Gasteiger partial charge in [-0.1, -0.05) is 68.3 Å². The third kappa shape index (κ3) is 3.80. The van der Waals surface area contributed by atoms with Crippen molar-refractivity contribution in [3.05, 3.63) is 66.2 Å². The van der Waals surface area contributed by atoms with Crippen LogP contribution in [0.15, 0.2) is 60.7 Å². The number of hydrogen-bond acceptors (Lipinski definition) is 5. The second-order valence-electron chi connectivity index (χ2n) is 11.3. The highest BCUT2D eigenvalue weighted by molar-refractivity contribution is 9.12. The molecular weight excluding hydrogens is 640 g/mol. The third-order valence-corrected chi connectivity index (χ3v) is 12.3. The Morgan fingerprint density at radius 2 is 1.55 bits per heavy atom. The topological polar surface area (TPSA) is 84.0 Å². The minimum absolute atomic E-state index is 0.0736. The molecule has 2 heterocycles. The number of imide groups is 1. The first-order chi connectivity index (χ1) is 19.2. The maximum atomic E-state index is 13.4. The standard InChI is InChI=1S/C31H26Br2N2O5/c1-15-11-18(9-10-22(15)35-29(37)25-20-13-21(26(25)30(35)38)28(33)27(20)32)40-31(39)17-12-24(36)34(14-17)23-8-4-6-16-5-2-3-7-19(16)23/h2-11,17,20-21,25-28H,12-14H2,1H3/t17-,20-,21-,25-,26+,27-,28+/m1/s1. The molecule has 3 aromatic carbocycles. The van der Waals surface area contributed by atoms with Gasteiger partial charge in [0.1, 0.15) is 5.75 Å². The largest absolute Gasteiger partial charge is 0.426 e. The van der Waals surface area contributed by atoms with Gasteiger partial charge in [0.05, 0.1) is 29.1 Å². The summed E-state index contributed by atoms with van der Waals surface area (Å²) in [6.07, 6.45) is 0.950. The van der Waals surface area contributed by atoms with Gasteiger partial charge in [0, 0.05) is 28.0 Å². The van der Waals surface area contributed by atoms with Crippen LogP contribution in [0.25, 0.3) is 10.8 Å². The molecule has 0 aromatic heterocycles. The van der Waals surface area contributed by atoms with E-state index in [1.165, 1.54) is 4.90 Å². The smallest absolute Gasteiger partial charge is 0.316 e. The van der Waals surface area contributed by atoms with Gasteiger partial charge in [0.15, 0.2) is 0 Å². The molecule has 3 aromatic rings. The predicted octanol–water partition coefficient (Wildman–Crippen LogP) is 5.39. The molecule has 3 amide bonds. The summed E-state index contributed by atoms with van der Waals surface area (Å²) in [6, 6.07) is 18.6. The predicted molar refractivity (Wildman–Crippen MR) is 158 cm³/mol.